The number of furan rings is 1. The highest BCUT2D eigenvalue weighted by Crippen LogP contribution is 2.30. The normalized spacial score (nSPS) is 14.2. The van der Waals surface area contributed by atoms with E-state index in [2.05, 4.69) is 0 Å². The molecule has 4 rings (SSSR count). The van der Waals surface area contributed by atoms with Gasteiger partial charge in [0.25, 0.3) is 0 Å². The summed E-state index contributed by atoms with van der Waals surface area (Å²) < 4.78 is 45.5. The van der Waals surface area contributed by atoms with Crippen LogP contribution in [0.5, 0.6) is 0 Å². The second-order valence-electron chi connectivity index (χ2n) is 4.73. The van der Waals surface area contributed by atoms with Crippen LogP contribution in [-0.2, 0) is 0 Å². The standard InChI is InChI=1S/C20H14O/c1-3-7-15(8-4-1)17-11-12-19-18(13-17)14-20(21-19)16-9-5-2-6-10-16/h1-14H/i1D,3D,4D,7D,8D. The Bertz CT molecular complexity index is 1100. The molecule has 1 aromatic heterocycles. The molecule has 4 aromatic rings. The summed E-state index contributed by atoms with van der Waals surface area (Å²) in [5.74, 6) is 0.721. The monoisotopic (exact) mass is 275 g/mol. The van der Waals surface area contributed by atoms with Crippen LogP contribution >= 0.6 is 0 Å². The predicted octanol–water partition coefficient (Wildman–Crippen LogP) is 5.77. The largest absolute Gasteiger partial charge is 0.456 e. The minimum atomic E-state index is -0.389. The molecule has 1 nitrogen and oxygen atoms in total. The smallest absolute Gasteiger partial charge is 0.135 e. The van der Waals surface area contributed by atoms with Gasteiger partial charge in [-0.15, -0.1) is 0 Å². The molecule has 0 spiro atoms. The fraction of sp³-hybridized carbons (Fsp3) is 0. The molecular formula is C20H14O. The Morgan fingerprint density at radius 3 is 2.33 bits per heavy atom. The van der Waals surface area contributed by atoms with Gasteiger partial charge < -0.3 is 4.42 Å². The van der Waals surface area contributed by atoms with Gasteiger partial charge in [-0.1, -0.05) is 66.6 Å². The minimum absolute atomic E-state index is 0.195. The van der Waals surface area contributed by atoms with Gasteiger partial charge in [0, 0.05) is 10.9 Å². The summed E-state index contributed by atoms with van der Waals surface area (Å²) >= 11 is 0. The Balaban J connectivity index is 1.90. The molecule has 0 saturated heterocycles. The molecule has 100 valence electrons. The van der Waals surface area contributed by atoms with Crippen LogP contribution in [0.2, 0.25) is 0 Å². The molecule has 1 heteroatoms. The molecule has 21 heavy (non-hydrogen) atoms. The van der Waals surface area contributed by atoms with Crippen LogP contribution < -0.4 is 0 Å². The average Bonchev–Trinajstić information content (AvgIpc) is 3.09. The first kappa shape index (κ1) is 7.84. The van der Waals surface area contributed by atoms with Crippen LogP contribution in [0.4, 0.5) is 0 Å². The molecule has 3 aromatic carbocycles. The van der Waals surface area contributed by atoms with Gasteiger partial charge in [-0.25, -0.2) is 0 Å². The molecule has 0 unspecified atom stereocenters. The van der Waals surface area contributed by atoms with Crippen LogP contribution in [-0.4, -0.2) is 0 Å². The first-order valence-electron chi connectivity index (χ1n) is 9.13. The number of hydrogen-bond acceptors (Lipinski definition) is 1. The molecule has 0 saturated carbocycles. The predicted molar refractivity (Wildman–Crippen MR) is 87.1 cm³/mol. The van der Waals surface area contributed by atoms with Crippen LogP contribution in [0.3, 0.4) is 0 Å². The number of hydrogen-bond donors (Lipinski definition) is 0. The van der Waals surface area contributed by atoms with Gasteiger partial charge in [-0.2, -0.15) is 0 Å². The second-order valence-corrected chi connectivity index (χ2v) is 4.73. The van der Waals surface area contributed by atoms with Crippen molar-refractivity contribution in [2.75, 3.05) is 0 Å². The van der Waals surface area contributed by atoms with Crippen LogP contribution in [0.15, 0.2) is 89.2 Å². The Kier molecular flexibility index (Phi) is 1.85. The molecule has 0 atom stereocenters. The third-order valence-corrected chi connectivity index (χ3v) is 3.36. The van der Waals surface area contributed by atoms with E-state index in [1.54, 1.807) is 18.2 Å². The van der Waals surface area contributed by atoms with Crippen LogP contribution in [0, 0.1) is 0 Å². The van der Waals surface area contributed by atoms with E-state index in [0.29, 0.717) is 11.1 Å². The van der Waals surface area contributed by atoms with E-state index in [4.69, 9.17) is 11.3 Å². The van der Waals surface area contributed by atoms with Crippen molar-refractivity contribution in [3.05, 3.63) is 84.8 Å². The fourth-order valence-corrected chi connectivity index (χ4v) is 2.34. The van der Waals surface area contributed by atoms with Gasteiger partial charge in [0.2, 0.25) is 0 Å². The molecule has 0 bridgehead atoms. The van der Waals surface area contributed by atoms with Crippen molar-refractivity contribution in [3.63, 3.8) is 0 Å². The van der Waals surface area contributed by atoms with E-state index < -0.39 is 0 Å². The Hall–Kier alpha value is -2.80. The summed E-state index contributed by atoms with van der Waals surface area (Å²) in [6.45, 7) is 0. The van der Waals surface area contributed by atoms with E-state index in [0.717, 1.165) is 16.7 Å². The summed E-state index contributed by atoms with van der Waals surface area (Å²) in [4.78, 5) is 0. The Morgan fingerprint density at radius 1 is 0.714 bits per heavy atom. The van der Waals surface area contributed by atoms with Crippen molar-refractivity contribution >= 4 is 11.0 Å². The summed E-state index contributed by atoms with van der Waals surface area (Å²) in [7, 11) is 0. The zero-order valence-electron chi connectivity index (χ0n) is 16.1. The maximum absolute atomic E-state index is 8.12. The van der Waals surface area contributed by atoms with Crippen LogP contribution in [0.1, 0.15) is 6.85 Å². The third-order valence-electron chi connectivity index (χ3n) is 3.36. The lowest BCUT2D eigenvalue weighted by molar-refractivity contribution is 0.631. The van der Waals surface area contributed by atoms with E-state index in [-0.39, 0.29) is 35.8 Å². The van der Waals surface area contributed by atoms with E-state index >= 15 is 0 Å². The van der Waals surface area contributed by atoms with Gasteiger partial charge >= 0.3 is 0 Å². The molecule has 0 aliphatic carbocycles. The molecule has 0 fully saturated rings. The third kappa shape index (κ3) is 2.23. The zero-order chi connectivity index (χ0) is 18.4. The summed E-state index contributed by atoms with van der Waals surface area (Å²) in [5.41, 5.74) is 2.39. The van der Waals surface area contributed by atoms with Gasteiger partial charge in [0.1, 0.15) is 11.3 Å². The second kappa shape index (κ2) is 4.95. The lowest BCUT2D eigenvalue weighted by atomic mass is 10.0. The maximum Gasteiger partial charge on any atom is 0.135 e. The molecular weight excluding hydrogens is 256 g/mol. The quantitative estimate of drug-likeness (QED) is 0.453. The Morgan fingerprint density at radius 2 is 1.52 bits per heavy atom. The van der Waals surface area contributed by atoms with Crippen molar-refractivity contribution in [3.8, 4) is 22.5 Å². The molecule has 0 aliphatic rings. The van der Waals surface area contributed by atoms with Gasteiger partial charge in [0.15, 0.2) is 0 Å². The summed E-state index contributed by atoms with van der Waals surface area (Å²) in [6.07, 6.45) is 0. The molecule has 0 radical (unpaired) electrons. The van der Waals surface area contributed by atoms with Gasteiger partial charge in [0.05, 0.1) is 6.85 Å². The maximum atomic E-state index is 8.12. The van der Waals surface area contributed by atoms with E-state index in [1.807, 2.05) is 36.4 Å². The Labute approximate surface area is 130 Å². The van der Waals surface area contributed by atoms with Crippen molar-refractivity contribution in [1.29, 1.82) is 0 Å². The summed E-state index contributed by atoms with van der Waals surface area (Å²) in [6, 6.07) is 15.4. The lowest BCUT2D eigenvalue weighted by Gasteiger charge is -2.00. The molecule has 0 N–H and O–H groups in total. The topological polar surface area (TPSA) is 13.1 Å². The van der Waals surface area contributed by atoms with E-state index in [1.165, 1.54) is 0 Å². The zero-order valence-corrected chi connectivity index (χ0v) is 11.1. The van der Waals surface area contributed by atoms with E-state index in [9.17, 15) is 0 Å². The fourth-order valence-electron chi connectivity index (χ4n) is 2.34. The molecule has 1 heterocycles. The van der Waals surface area contributed by atoms with Crippen molar-refractivity contribution in [2.24, 2.45) is 0 Å². The SMILES string of the molecule is [2H]c1c([2H])c([2H])c(-c2ccc3oc(-c4ccccc4)cc3c2)c([2H])c1[2H]. The minimum Gasteiger partial charge on any atom is -0.456 e. The number of rotatable bonds is 2. The first-order valence-corrected chi connectivity index (χ1v) is 6.63. The molecule has 0 aliphatic heterocycles. The van der Waals surface area contributed by atoms with Crippen LogP contribution in [0.25, 0.3) is 33.4 Å². The van der Waals surface area contributed by atoms with Crippen molar-refractivity contribution in [1.82, 2.24) is 0 Å². The van der Waals surface area contributed by atoms with Gasteiger partial charge in [-0.3, -0.25) is 0 Å². The molecule has 0 amide bonds. The van der Waals surface area contributed by atoms with Gasteiger partial charge in [-0.05, 0) is 29.3 Å². The highest BCUT2D eigenvalue weighted by molar-refractivity contribution is 5.87. The lowest BCUT2D eigenvalue weighted by Crippen LogP contribution is -1.75. The van der Waals surface area contributed by atoms with Crippen molar-refractivity contribution < 1.29 is 11.3 Å². The number of fused-ring (bicyclic) bond motifs is 1. The summed E-state index contributed by atoms with van der Waals surface area (Å²) in [5, 5.41) is 0.813. The highest BCUT2D eigenvalue weighted by Gasteiger charge is 2.07. The van der Waals surface area contributed by atoms with Crippen molar-refractivity contribution in [2.45, 2.75) is 0 Å². The average molecular weight is 275 g/mol. The highest BCUT2D eigenvalue weighted by atomic mass is 16.3. The number of benzene rings is 3. The first-order chi connectivity index (χ1) is 12.5.